The average Bonchev–Trinajstić information content (AvgIpc) is 2.76. The molecule has 6 heteroatoms. The summed E-state index contributed by atoms with van der Waals surface area (Å²) in [6.45, 7) is 7.96. The summed E-state index contributed by atoms with van der Waals surface area (Å²) in [4.78, 5) is 15.5. The molecule has 144 valence electrons. The lowest BCUT2D eigenvalue weighted by atomic mass is 9.98. The van der Waals surface area contributed by atoms with Gasteiger partial charge in [0.2, 0.25) is 0 Å². The molecule has 1 amide bonds. The number of hydrogen-bond donors (Lipinski definition) is 0. The molecular weight excluding hydrogens is 472 g/mol. The Morgan fingerprint density at radius 2 is 1.81 bits per heavy atom. The normalized spacial score (nSPS) is 16.5. The Bertz CT molecular complexity index is 941. The maximum absolute atomic E-state index is 13.5. The van der Waals surface area contributed by atoms with Gasteiger partial charge in [-0.05, 0) is 95.2 Å². The first-order valence-electron chi connectivity index (χ1n) is 9.33. The standard InChI is InChI=1S/C21H24Br2N2O2/c1-21(2,3)25-8-5-6-13-17(23)18-14-11-15(22)16(27-4)10-12(14)7-9-24(18)19(13)20(25)26/h10-11H,5-9H2,1-4H3. The number of ether oxygens (including phenoxy) is 1. The number of aryl methyl sites for hydroxylation is 1. The van der Waals surface area contributed by atoms with Crippen LogP contribution in [-0.4, -0.2) is 34.6 Å². The van der Waals surface area contributed by atoms with Crippen LogP contribution in [0.5, 0.6) is 5.75 Å². The predicted molar refractivity (Wildman–Crippen MR) is 115 cm³/mol. The molecule has 0 radical (unpaired) electrons. The van der Waals surface area contributed by atoms with Crippen LogP contribution in [0.2, 0.25) is 0 Å². The number of benzene rings is 1. The molecule has 0 saturated carbocycles. The second kappa shape index (κ2) is 6.66. The lowest BCUT2D eigenvalue weighted by Crippen LogP contribution is -2.46. The number of fused-ring (bicyclic) bond motifs is 5. The molecule has 1 aromatic heterocycles. The molecule has 27 heavy (non-hydrogen) atoms. The summed E-state index contributed by atoms with van der Waals surface area (Å²) in [5.74, 6) is 0.999. The number of nitrogens with zero attached hydrogens (tertiary/aromatic N) is 2. The molecule has 0 saturated heterocycles. The molecule has 2 aliphatic rings. The van der Waals surface area contributed by atoms with E-state index in [-0.39, 0.29) is 11.4 Å². The fraction of sp³-hybridized carbons (Fsp3) is 0.476. The van der Waals surface area contributed by atoms with Crippen LogP contribution in [0, 0.1) is 0 Å². The maximum atomic E-state index is 13.5. The second-order valence-corrected chi connectivity index (χ2v) is 9.91. The summed E-state index contributed by atoms with van der Waals surface area (Å²) in [6, 6.07) is 4.23. The van der Waals surface area contributed by atoms with Gasteiger partial charge in [0, 0.05) is 28.7 Å². The molecule has 0 bridgehead atoms. The van der Waals surface area contributed by atoms with Gasteiger partial charge in [-0.1, -0.05) is 0 Å². The van der Waals surface area contributed by atoms with Gasteiger partial charge in [-0.2, -0.15) is 0 Å². The van der Waals surface area contributed by atoms with Gasteiger partial charge in [0.05, 0.1) is 17.3 Å². The van der Waals surface area contributed by atoms with E-state index in [0.29, 0.717) is 0 Å². The summed E-state index contributed by atoms with van der Waals surface area (Å²) < 4.78 is 9.70. The van der Waals surface area contributed by atoms with Gasteiger partial charge in [-0.25, -0.2) is 0 Å². The van der Waals surface area contributed by atoms with E-state index >= 15 is 0 Å². The summed E-state index contributed by atoms with van der Waals surface area (Å²) in [7, 11) is 1.69. The molecule has 2 aromatic rings. The molecule has 3 heterocycles. The van der Waals surface area contributed by atoms with Crippen LogP contribution < -0.4 is 4.74 Å². The second-order valence-electron chi connectivity index (χ2n) is 8.27. The molecule has 0 atom stereocenters. The molecule has 0 aliphatic carbocycles. The molecule has 2 aliphatic heterocycles. The van der Waals surface area contributed by atoms with Crippen LogP contribution in [-0.2, 0) is 19.4 Å². The van der Waals surface area contributed by atoms with E-state index in [0.717, 1.165) is 64.0 Å². The van der Waals surface area contributed by atoms with E-state index in [1.165, 1.54) is 11.1 Å². The fourth-order valence-electron chi connectivity index (χ4n) is 4.29. The van der Waals surface area contributed by atoms with Crippen molar-refractivity contribution in [3.05, 3.63) is 37.9 Å². The quantitative estimate of drug-likeness (QED) is 0.528. The van der Waals surface area contributed by atoms with Crippen molar-refractivity contribution in [2.45, 2.75) is 52.1 Å². The van der Waals surface area contributed by atoms with E-state index < -0.39 is 0 Å². The van der Waals surface area contributed by atoms with Crippen molar-refractivity contribution in [3.8, 4) is 17.0 Å². The number of carbonyl (C=O) groups excluding carboxylic acids is 1. The fourth-order valence-corrected chi connectivity index (χ4v) is 5.61. The van der Waals surface area contributed by atoms with Crippen LogP contribution in [0.1, 0.15) is 48.8 Å². The highest BCUT2D eigenvalue weighted by Gasteiger charge is 2.37. The Balaban J connectivity index is 1.92. The van der Waals surface area contributed by atoms with Gasteiger partial charge in [0.15, 0.2) is 0 Å². The highest BCUT2D eigenvalue weighted by Crippen LogP contribution is 2.45. The number of amides is 1. The third-order valence-corrected chi connectivity index (χ3v) is 7.08. The number of aromatic nitrogens is 1. The lowest BCUT2D eigenvalue weighted by Gasteiger charge is -2.35. The molecule has 1 aromatic carbocycles. The summed E-state index contributed by atoms with van der Waals surface area (Å²) in [5.41, 5.74) is 5.39. The van der Waals surface area contributed by atoms with Crippen molar-refractivity contribution < 1.29 is 9.53 Å². The zero-order valence-electron chi connectivity index (χ0n) is 16.2. The van der Waals surface area contributed by atoms with E-state index in [1.54, 1.807) is 7.11 Å². The van der Waals surface area contributed by atoms with Crippen LogP contribution >= 0.6 is 31.9 Å². The maximum Gasteiger partial charge on any atom is 0.271 e. The largest absolute Gasteiger partial charge is 0.496 e. The van der Waals surface area contributed by atoms with Gasteiger partial charge in [0.1, 0.15) is 11.4 Å². The van der Waals surface area contributed by atoms with Crippen molar-refractivity contribution >= 4 is 37.8 Å². The summed E-state index contributed by atoms with van der Waals surface area (Å²) in [5, 5.41) is 0. The molecule has 4 nitrogen and oxygen atoms in total. The number of rotatable bonds is 1. The van der Waals surface area contributed by atoms with Gasteiger partial charge < -0.3 is 14.2 Å². The van der Waals surface area contributed by atoms with Crippen molar-refractivity contribution in [3.63, 3.8) is 0 Å². The van der Waals surface area contributed by atoms with Crippen LogP contribution in [0.3, 0.4) is 0 Å². The molecule has 4 rings (SSSR count). The first kappa shape index (κ1) is 19.1. The minimum Gasteiger partial charge on any atom is -0.496 e. The van der Waals surface area contributed by atoms with Gasteiger partial charge >= 0.3 is 0 Å². The SMILES string of the molecule is COc1cc2c(cc1Br)-c1c(Br)c3c(n1CC2)C(=O)N(C(C)(C)C)CCC3. The topological polar surface area (TPSA) is 34.5 Å². The van der Waals surface area contributed by atoms with Gasteiger partial charge in [-0.3, -0.25) is 4.79 Å². The third-order valence-electron chi connectivity index (χ3n) is 5.60. The van der Waals surface area contributed by atoms with Crippen molar-refractivity contribution in [1.82, 2.24) is 9.47 Å². The van der Waals surface area contributed by atoms with Crippen molar-refractivity contribution in [1.29, 1.82) is 0 Å². The zero-order chi connectivity index (χ0) is 19.5. The Morgan fingerprint density at radius 3 is 2.48 bits per heavy atom. The van der Waals surface area contributed by atoms with Gasteiger partial charge in [-0.15, -0.1) is 0 Å². The number of halogens is 2. The van der Waals surface area contributed by atoms with Crippen LogP contribution in [0.4, 0.5) is 0 Å². The van der Waals surface area contributed by atoms with E-state index in [2.05, 4.69) is 69.3 Å². The summed E-state index contributed by atoms with van der Waals surface area (Å²) >= 11 is 7.47. The molecule has 0 fully saturated rings. The van der Waals surface area contributed by atoms with E-state index in [9.17, 15) is 4.79 Å². The van der Waals surface area contributed by atoms with Crippen molar-refractivity contribution in [2.24, 2.45) is 0 Å². The van der Waals surface area contributed by atoms with E-state index in [4.69, 9.17) is 4.74 Å². The Hall–Kier alpha value is -1.27. The Labute approximate surface area is 177 Å². The van der Waals surface area contributed by atoms with Crippen molar-refractivity contribution in [2.75, 3.05) is 13.7 Å². The van der Waals surface area contributed by atoms with Gasteiger partial charge in [0.25, 0.3) is 5.91 Å². The predicted octanol–water partition coefficient (Wildman–Crippen LogP) is 5.43. The van der Waals surface area contributed by atoms with Crippen LogP contribution in [0.25, 0.3) is 11.3 Å². The zero-order valence-corrected chi connectivity index (χ0v) is 19.3. The minimum absolute atomic E-state index is 0.151. The van der Waals surface area contributed by atoms with E-state index in [1.807, 2.05) is 4.90 Å². The molecule has 0 N–H and O–H groups in total. The molecular formula is C21H24Br2N2O2. The van der Waals surface area contributed by atoms with Crippen LogP contribution in [0.15, 0.2) is 21.1 Å². The third kappa shape index (κ3) is 2.96. The lowest BCUT2D eigenvalue weighted by molar-refractivity contribution is 0.0579. The molecule has 0 spiro atoms. The number of methoxy groups -OCH3 is 1. The minimum atomic E-state index is -0.182. The first-order valence-corrected chi connectivity index (χ1v) is 10.9. The summed E-state index contributed by atoms with van der Waals surface area (Å²) in [6.07, 6.45) is 2.79. The Kier molecular flexibility index (Phi) is 4.70. The highest BCUT2D eigenvalue weighted by atomic mass is 79.9. The highest BCUT2D eigenvalue weighted by molar-refractivity contribution is 9.11. The number of hydrogen-bond acceptors (Lipinski definition) is 2. The smallest absolute Gasteiger partial charge is 0.271 e. The molecule has 0 unspecified atom stereocenters. The Morgan fingerprint density at radius 1 is 1.07 bits per heavy atom. The number of carbonyl (C=O) groups is 1. The monoisotopic (exact) mass is 494 g/mol. The first-order chi connectivity index (χ1) is 12.7. The average molecular weight is 496 g/mol.